The highest BCUT2D eigenvalue weighted by Crippen LogP contribution is 2.50. The molecule has 0 spiro atoms. The van der Waals surface area contributed by atoms with Crippen LogP contribution in [0.2, 0.25) is 0 Å². The number of primary amides is 1. The predicted molar refractivity (Wildman–Crippen MR) is 64.8 cm³/mol. The number of carbonyl (C=O) groups is 1. The zero-order valence-electron chi connectivity index (χ0n) is 10.6. The molecule has 0 aliphatic heterocycles. The fourth-order valence-corrected chi connectivity index (χ4v) is 4.21. The van der Waals surface area contributed by atoms with E-state index in [0.717, 1.165) is 18.8 Å². The monoisotopic (exact) mass is 224 g/mol. The lowest BCUT2D eigenvalue weighted by molar-refractivity contribution is -0.132. The zero-order chi connectivity index (χ0) is 11.9. The number of nitrogens with one attached hydrogen (secondary N) is 1. The Hall–Kier alpha value is -0.570. The van der Waals surface area contributed by atoms with Gasteiger partial charge in [-0.15, -0.1) is 0 Å². The van der Waals surface area contributed by atoms with Crippen molar-refractivity contribution in [2.45, 2.75) is 45.6 Å². The highest BCUT2D eigenvalue weighted by atomic mass is 16.1. The third-order valence-electron chi connectivity index (χ3n) is 4.84. The summed E-state index contributed by atoms with van der Waals surface area (Å²) < 4.78 is 0. The molecule has 92 valence electrons. The number of hydrogen-bond acceptors (Lipinski definition) is 2. The van der Waals surface area contributed by atoms with E-state index in [-0.39, 0.29) is 11.3 Å². The van der Waals surface area contributed by atoms with Gasteiger partial charge in [0.25, 0.3) is 0 Å². The van der Waals surface area contributed by atoms with Crippen LogP contribution in [0.15, 0.2) is 0 Å². The first kappa shape index (κ1) is 11.9. The molecule has 0 aromatic heterocycles. The zero-order valence-corrected chi connectivity index (χ0v) is 10.6. The van der Waals surface area contributed by atoms with Crippen molar-refractivity contribution < 1.29 is 4.79 Å². The van der Waals surface area contributed by atoms with Gasteiger partial charge in [0.05, 0.1) is 0 Å². The summed E-state index contributed by atoms with van der Waals surface area (Å²) in [5.74, 6) is 1.96. The first-order valence-corrected chi connectivity index (χ1v) is 6.43. The molecule has 5 unspecified atom stereocenters. The molecule has 2 aliphatic rings. The summed E-state index contributed by atoms with van der Waals surface area (Å²) >= 11 is 0. The number of hydrogen-bond donors (Lipinski definition) is 2. The fraction of sp³-hybridized carbons (Fsp3) is 0.923. The summed E-state index contributed by atoms with van der Waals surface area (Å²) in [7, 11) is 2.04. The second kappa shape index (κ2) is 4.02. The third-order valence-corrected chi connectivity index (χ3v) is 4.84. The van der Waals surface area contributed by atoms with E-state index in [2.05, 4.69) is 19.2 Å². The van der Waals surface area contributed by atoms with Crippen LogP contribution in [0.4, 0.5) is 0 Å². The molecule has 3 heteroatoms. The standard InChI is InChI=1S/C13H24N2O/c1-8-4-9-5-10(11(8)15-3)7-13(2,6-9)12(14)16/h8-11,15H,4-7H2,1-3H3,(H2,14,16). The smallest absolute Gasteiger partial charge is 0.223 e. The Morgan fingerprint density at radius 2 is 2.06 bits per heavy atom. The summed E-state index contributed by atoms with van der Waals surface area (Å²) in [6.07, 6.45) is 4.48. The van der Waals surface area contributed by atoms with E-state index in [1.54, 1.807) is 0 Å². The van der Waals surface area contributed by atoms with Gasteiger partial charge in [-0.1, -0.05) is 13.8 Å². The lowest BCUT2D eigenvalue weighted by Gasteiger charge is -2.49. The average Bonchev–Trinajstić information content (AvgIpc) is 2.16. The van der Waals surface area contributed by atoms with E-state index in [1.165, 1.54) is 12.8 Å². The van der Waals surface area contributed by atoms with Gasteiger partial charge in [-0.2, -0.15) is 0 Å². The second-order valence-electron chi connectivity index (χ2n) is 6.22. The van der Waals surface area contributed by atoms with E-state index >= 15 is 0 Å². The summed E-state index contributed by atoms with van der Waals surface area (Å²) in [6.45, 7) is 4.38. The normalized spacial score (nSPS) is 47.7. The van der Waals surface area contributed by atoms with Gasteiger partial charge in [0.15, 0.2) is 0 Å². The molecular formula is C13H24N2O. The molecule has 0 aromatic carbocycles. The minimum absolute atomic E-state index is 0.105. The van der Waals surface area contributed by atoms with Crippen LogP contribution in [-0.4, -0.2) is 19.0 Å². The van der Waals surface area contributed by atoms with Crippen LogP contribution in [0.25, 0.3) is 0 Å². The largest absolute Gasteiger partial charge is 0.369 e. The fourth-order valence-electron chi connectivity index (χ4n) is 4.21. The Kier molecular flexibility index (Phi) is 2.99. The molecule has 2 saturated carbocycles. The van der Waals surface area contributed by atoms with Gasteiger partial charge < -0.3 is 11.1 Å². The van der Waals surface area contributed by atoms with Crippen LogP contribution < -0.4 is 11.1 Å². The van der Waals surface area contributed by atoms with Gasteiger partial charge in [-0.25, -0.2) is 0 Å². The predicted octanol–water partition coefficient (Wildman–Crippen LogP) is 1.52. The van der Waals surface area contributed by atoms with Crippen molar-refractivity contribution in [3.63, 3.8) is 0 Å². The second-order valence-corrected chi connectivity index (χ2v) is 6.22. The Morgan fingerprint density at radius 1 is 1.38 bits per heavy atom. The molecule has 0 radical (unpaired) electrons. The highest BCUT2D eigenvalue weighted by molar-refractivity contribution is 5.80. The van der Waals surface area contributed by atoms with Gasteiger partial charge in [-0.3, -0.25) is 4.79 Å². The molecular weight excluding hydrogens is 200 g/mol. The highest BCUT2D eigenvalue weighted by Gasteiger charge is 2.47. The number of fused-ring (bicyclic) bond motifs is 2. The van der Waals surface area contributed by atoms with E-state index in [1.807, 2.05) is 7.05 Å². The van der Waals surface area contributed by atoms with Crippen molar-refractivity contribution in [2.24, 2.45) is 28.9 Å². The van der Waals surface area contributed by atoms with Crippen molar-refractivity contribution in [1.29, 1.82) is 0 Å². The van der Waals surface area contributed by atoms with Crippen molar-refractivity contribution >= 4 is 5.91 Å². The van der Waals surface area contributed by atoms with Crippen molar-refractivity contribution in [2.75, 3.05) is 7.05 Å². The van der Waals surface area contributed by atoms with Crippen LogP contribution in [0.1, 0.15) is 39.5 Å². The Balaban J connectivity index is 2.18. The van der Waals surface area contributed by atoms with Gasteiger partial charge in [0.2, 0.25) is 5.91 Å². The quantitative estimate of drug-likeness (QED) is 0.747. The van der Waals surface area contributed by atoms with Gasteiger partial charge in [0.1, 0.15) is 0 Å². The number of carbonyl (C=O) groups excluding carboxylic acids is 1. The molecule has 0 saturated heterocycles. The number of nitrogens with two attached hydrogens (primary N) is 1. The molecule has 5 atom stereocenters. The molecule has 3 N–H and O–H groups in total. The maximum Gasteiger partial charge on any atom is 0.223 e. The first-order chi connectivity index (χ1) is 7.46. The molecule has 1 amide bonds. The third kappa shape index (κ3) is 1.86. The molecule has 0 aromatic rings. The average molecular weight is 224 g/mol. The van der Waals surface area contributed by atoms with E-state index < -0.39 is 0 Å². The number of amides is 1. The van der Waals surface area contributed by atoms with Gasteiger partial charge in [0, 0.05) is 11.5 Å². The minimum atomic E-state index is -0.261. The molecule has 2 rings (SSSR count). The topological polar surface area (TPSA) is 55.1 Å². The van der Waals surface area contributed by atoms with Gasteiger partial charge >= 0.3 is 0 Å². The van der Waals surface area contributed by atoms with Crippen molar-refractivity contribution in [1.82, 2.24) is 5.32 Å². The summed E-state index contributed by atoms with van der Waals surface area (Å²) in [5.41, 5.74) is 5.31. The van der Waals surface area contributed by atoms with E-state index in [9.17, 15) is 4.79 Å². The van der Waals surface area contributed by atoms with Crippen molar-refractivity contribution in [3.05, 3.63) is 0 Å². The lowest BCUT2D eigenvalue weighted by Crippen LogP contribution is -2.52. The first-order valence-electron chi connectivity index (χ1n) is 6.43. The Morgan fingerprint density at radius 3 is 2.62 bits per heavy atom. The van der Waals surface area contributed by atoms with Crippen molar-refractivity contribution in [3.8, 4) is 0 Å². The summed E-state index contributed by atoms with van der Waals surface area (Å²) in [6, 6.07) is 0.565. The van der Waals surface area contributed by atoms with Gasteiger partial charge in [-0.05, 0) is 50.5 Å². The maximum atomic E-state index is 11.6. The van der Waals surface area contributed by atoms with E-state index in [4.69, 9.17) is 5.73 Å². The summed E-state index contributed by atoms with van der Waals surface area (Å²) in [4.78, 5) is 11.6. The van der Waals surface area contributed by atoms with Crippen LogP contribution in [-0.2, 0) is 4.79 Å². The van der Waals surface area contributed by atoms with Crippen LogP contribution in [0.3, 0.4) is 0 Å². The Labute approximate surface area is 98.2 Å². The Bertz CT molecular complexity index is 290. The lowest BCUT2D eigenvalue weighted by atomic mass is 9.57. The van der Waals surface area contributed by atoms with Crippen LogP contribution in [0, 0.1) is 23.2 Å². The summed E-state index contributed by atoms with van der Waals surface area (Å²) in [5, 5.41) is 3.43. The molecule has 2 aliphatic carbocycles. The SMILES string of the molecule is CNC1C(C)CC2CC1CC(C)(C(N)=O)C2. The minimum Gasteiger partial charge on any atom is -0.369 e. The molecule has 3 nitrogen and oxygen atoms in total. The molecule has 2 fully saturated rings. The maximum absolute atomic E-state index is 11.6. The van der Waals surface area contributed by atoms with Crippen LogP contribution >= 0.6 is 0 Å². The van der Waals surface area contributed by atoms with E-state index in [0.29, 0.717) is 17.9 Å². The van der Waals surface area contributed by atoms with Crippen LogP contribution in [0.5, 0.6) is 0 Å². The molecule has 2 bridgehead atoms. The molecule has 0 heterocycles. The molecule has 16 heavy (non-hydrogen) atoms. The number of rotatable bonds is 2.